The van der Waals surface area contributed by atoms with E-state index in [0.717, 1.165) is 13.2 Å². The second-order valence-corrected chi connectivity index (χ2v) is 4.98. The molecule has 0 aromatic rings. The highest BCUT2D eigenvalue weighted by molar-refractivity contribution is 4.78. The number of hydrogen-bond donors (Lipinski definition) is 1. The summed E-state index contributed by atoms with van der Waals surface area (Å²) in [5.41, 5.74) is 0. The molecule has 0 aliphatic heterocycles. The van der Waals surface area contributed by atoms with Crippen molar-refractivity contribution >= 4 is 0 Å². The smallest absolute Gasteiger partial charge is 0.0589 e. The van der Waals surface area contributed by atoms with E-state index >= 15 is 0 Å². The van der Waals surface area contributed by atoms with Crippen LogP contribution < -0.4 is 5.32 Å². The fourth-order valence-electron chi connectivity index (χ4n) is 2.48. The Kier molecular flexibility index (Phi) is 9.79. The lowest BCUT2D eigenvalue weighted by molar-refractivity contribution is 0.0790. The van der Waals surface area contributed by atoms with Crippen molar-refractivity contribution in [2.75, 3.05) is 27.3 Å². The van der Waals surface area contributed by atoms with Crippen molar-refractivity contribution in [1.82, 2.24) is 10.2 Å². The second kappa shape index (κ2) is 9.86. The first-order valence-corrected chi connectivity index (χ1v) is 7.02. The molecule has 104 valence electrons. The molecule has 0 saturated heterocycles. The Labute approximate surface area is 108 Å². The Bertz CT molecular complexity index is 172. The van der Waals surface area contributed by atoms with E-state index in [1.807, 2.05) is 7.05 Å². The third-order valence-electron chi connectivity index (χ3n) is 3.72. The van der Waals surface area contributed by atoms with Gasteiger partial charge in [0.25, 0.3) is 0 Å². The SMILES string of the molecule is CCC(CC)N(CCOC)C(C)CC(C)NC. The average molecular weight is 244 g/mol. The van der Waals surface area contributed by atoms with Crippen LogP contribution in [0.4, 0.5) is 0 Å². The molecule has 2 atom stereocenters. The summed E-state index contributed by atoms with van der Waals surface area (Å²) in [5.74, 6) is 0. The maximum absolute atomic E-state index is 5.24. The quantitative estimate of drug-likeness (QED) is 0.639. The van der Waals surface area contributed by atoms with Crippen LogP contribution in [0.3, 0.4) is 0 Å². The molecule has 0 aliphatic carbocycles. The van der Waals surface area contributed by atoms with Gasteiger partial charge in [-0.1, -0.05) is 13.8 Å². The van der Waals surface area contributed by atoms with E-state index in [9.17, 15) is 0 Å². The van der Waals surface area contributed by atoms with Gasteiger partial charge in [-0.15, -0.1) is 0 Å². The van der Waals surface area contributed by atoms with Crippen molar-refractivity contribution in [3.05, 3.63) is 0 Å². The van der Waals surface area contributed by atoms with Crippen molar-refractivity contribution in [1.29, 1.82) is 0 Å². The van der Waals surface area contributed by atoms with Crippen molar-refractivity contribution in [3.8, 4) is 0 Å². The van der Waals surface area contributed by atoms with Gasteiger partial charge < -0.3 is 10.1 Å². The minimum Gasteiger partial charge on any atom is -0.383 e. The Morgan fingerprint density at radius 1 is 1.18 bits per heavy atom. The molecule has 0 aromatic carbocycles. The molecule has 17 heavy (non-hydrogen) atoms. The van der Waals surface area contributed by atoms with Crippen molar-refractivity contribution in [2.24, 2.45) is 0 Å². The van der Waals surface area contributed by atoms with E-state index in [2.05, 4.69) is 37.9 Å². The third-order valence-corrected chi connectivity index (χ3v) is 3.72. The molecule has 3 nitrogen and oxygen atoms in total. The fourth-order valence-corrected chi connectivity index (χ4v) is 2.48. The molecule has 0 heterocycles. The van der Waals surface area contributed by atoms with E-state index < -0.39 is 0 Å². The predicted octanol–water partition coefficient (Wildman–Crippen LogP) is 2.51. The van der Waals surface area contributed by atoms with E-state index in [1.165, 1.54) is 19.3 Å². The number of hydrogen-bond acceptors (Lipinski definition) is 3. The zero-order valence-corrected chi connectivity index (χ0v) is 12.6. The fraction of sp³-hybridized carbons (Fsp3) is 1.00. The summed E-state index contributed by atoms with van der Waals surface area (Å²) in [6.07, 6.45) is 3.63. The number of ether oxygens (including phenoxy) is 1. The number of nitrogens with one attached hydrogen (secondary N) is 1. The normalized spacial score (nSPS) is 15.5. The van der Waals surface area contributed by atoms with Crippen LogP contribution in [0, 0.1) is 0 Å². The van der Waals surface area contributed by atoms with Crippen LogP contribution in [-0.2, 0) is 4.74 Å². The summed E-state index contributed by atoms with van der Waals surface area (Å²) in [4.78, 5) is 2.61. The number of rotatable bonds is 10. The van der Waals surface area contributed by atoms with Crippen LogP contribution in [0.15, 0.2) is 0 Å². The van der Waals surface area contributed by atoms with Crippen LogP contribution in [0.5, 0.6) is 0 Å². The molecule has 0 radical (unpaired) electrons. The van der Waals surface area contributed by atoms with Crippen LogP contribution in [0.25, 0.3) is 0 Å². The van der Waals surface area contributed by atoms with Gasteiger partial charge in [0.05, 0.1) is 6.61 Å². The molecular weight excluding hydrogens is 212 g/mol. The minimum absolute atomic E-state index is 0.574. The topological polar surface area (TPSA) is 24.5 Å². The lowest BCUT2D eigenvalue weighted by atomic mass is 10.0. The summed E-state index contributed by atoms with van der Waals surface area (Å²) in [7, 11) is 3.82. The van der Waals surface area contributed by atoms with Gasteiger partial charge in [-0.3, -0.25) is 4.90 Å². The highest BCUT2D eigenvalue weighted by Gasteiger charge is 2.21. The van der Waals surface area contributed by atoms with Gasteiger partial charge in [0, 0.05) is 31.8 Å². The summed E-state index contributed by atoms with van der Waals surface area (Å²) < 4.78 is 5.24. The minimum atomic E-state index is 0.574. The Morgan fingerprint density at radius 2 is 1.76 bits per heavy atom. The van der Waals surface area contributed by atoms with Crippen LogP contribution in [-0.4, -0.2) is 50.3 Å². The predicted molar refractivity (Wildman–Crippen MR) is 75.6 cm³/mol. The molecule has 0 rings (SSSR count). The highest BCUT2D eigenvalue weighted by Crippen LogP contribution is 2.15. The monoisotopic (exact) mass is 244 g/mol. The molecular formula is C14H32N2O. The third kappa shape index (κ3) is 6.39. The molecule has 3 heteroatoms. The van der Waals surface area contributed by atoms with Gasteiger partial charge >= 0.3 is 0 Å². The summed E-state index contributed by atoms with van der Waals surface area (Å²) in [5, 5.41) is 3.32. The zero-order chi connectivity index (χ0) is 13.3. The van der Waals surface area contributed by atoms with Gasteiger partial charge in [-0.25, -0.2) is 0 Å². The van der Waals surface area contributed by atoms with Crippen molar-refractivity contribution in [2.45, 2.75) is 65.1 Å². The van der Waals surface area contributed by atoms with Crippen LogP contribution in [0.1, 0.15) is 47.0 Å². The van der Waals surface area contributed by atoms with Gasteiger partial charge in [0.1, 0.15) is 0 Å². The molecule has 0 amide bonds. The van der Waals surface area contributed by atoms with Gasteiger partial charge in [-0.2, -0.15) is 0 Å². The van der Waals surface area contributed by atoms with Crippen molar-refractivity contribution < 1.29 is 4.74 Å². The molecule has 0 spiro atoms. The second-order valence-electron chi connectivity index (χ2n) is 4.98. The first kappa shape index (κ1) is 16.9. The standard InChI is InChI=1S/C14H32N2O/c1-7-14(8-2)16(9-10-17-6)13(4)11-12(3)15-5/h12-15H,7-11H2,1-6H3. The summed E-state index contributed by atoms with van der Waals surface area (Å²) in [6, 6.07) is 1.87. The van der Waals surface area contributed by atoms with Gasteiger partial charge in [-0.05, 0) is 40.2 Å². The zero-order valence-electron chi connectivity index (χ0n) is 12.6. The van der Waals surface area contributed by atoms with Crippen LogP contribution >= 0.6 is 0 Å². The number of methoxy groups -OCH3 is 1. The molecule has 1 N–H and O–H groups in total. The molecule has 0 bridgehead atoms. The lowest BCUT2D eigenvalue weighted by Gasteiger charge is -2.36. The maximum Gasteiger partial charge on any atom is 0.0589 e. The van der Waals surface area contributed by atoms with E-state index in [4.69, 9.17) is 4.74 Å². The summed E-state index contributed by atoms with van der Waals surface area (Å²) >= 11 is 0. The van der Waals surface area contributed by atoms with Crippen molar-refractivity contribution in [3.63, 3.8) is 0 Å². The Balaban J connectivity index is 4.42. The molecule has 2 unspecified atom stereocenters. The summed E-state index contributed by atoms with van der Waals surface area (Å²) in [6.45, 7) is 11.0. The number of nitrogens with zero attached hydrogens (tertiary/aromatic N) is 1. The van der Waals surface area contributed by atoms with E-state index in [1.54, 1.807) is 7.11 Å². The maximum atomic E-state index is 5.24. The Morgan fingerprint density at radius 3 is 2.18 bits per heavy atom. The van der Waals surface area contributed by atoms with Gasteiger partial charge in [0.15, 0.2) is 0 Å². The van der Waals surface area contributed by atoms with E-state index in [-0.39, 0.29) is 0 Å². The first-order valence-electron chi connectivity index (χ1n) is 7.02. The Hall–Kier alpha value is -0.120. The average Bonchev–Trinajstić information content (AvgIpc) is 2.34. The first-order chi connectivity index (χ1) is 8.10. The highest BCUT2D eigenvalue weighted by atomic mass is 16.5. The van der Waals surface area contributed by atoms with Gasteiger partial charge in [0.2, 0.25) is 0 Å². The molecule has 0 fully saturated rings. The molecule has 0 aliphatic rings. The largest absolute Gasteiger partial charge is 0.383 e. The van der Waals surface area contributed by atoms with Crippen LogP contribution in [0.2, 0.25) is 0 Å². The lowest BCUT2D eigenvalue weighted by Crippen LogP contribution is -2.45. The molecule has 0 aromatic heterocycles. The molecule has 0 saturated carbocycles. The van der Waals surface area contributed by atoms with E-state index in [0.29, 0.717) is 18.1 Å².